The minimum absolute atomic E-state index is 0.0200. The molecular formula is C17H16F6N3O-. The van der Waals surface area contributed by atoms with Gasteiger partial charge in [0.25, 0.3) is 0 Å². The number of nitrogens with one attached hydrogen (secondary N) is 1. The number of hydrazine groups is 1. The SMILES string of the molecule is CC(C)N([O-])Nc1cc(N)cc(-c2ccc(C(F)(F)C(F)(F)F)c(F)c2)c1. The Morgan fingerprint density at radius 1 is 1.00 bits per heavy atom. The van der Waals surface area contributed by atoms with Crippen molar-refractivity contribution in [1.82, 2.24) is 5.17 Å². The van der Waals surface area contributed by atoms with E-state index in [9.17, 15) is 31.5 Å². The van der Waals surface area contributed by atoms with Crippen LogP contribution < -0.4 is 11.2 Å². The Labute approximate surface area is 151 Å². The molecule has 148 valence electrons. The van der Waals surface area contributed by atoms with Gasteiger partial charge in [-0.15, -0.1) is 0 Å². The van der Waals surface area contributed by atoms with Gasteiger partial charge in [0, 0.05) is 11.7 Å². The van der Waals surface area contributed by atoms with E-state index < -0.39 is 29.5 Å². The summed E-state index contributed by atoms with van der Waals surface area (Å²) in [5, 5.41) is 12.2. The van der Waals surface area contributed by atoms with E-state index in [0.29, 0.717) is 17.3 Å². The molecule has 0 spiro atoms. The summed E-state index contributed by atoms with van der Waals surface area (Å²) in [6.07, 6.45) is -5.92. The van der Waals surface area contributed by atoms with Gasteiger partial charge in [-0.25, -0.2) is 4.39 Å². The van der Waals surface area contributed by atoms with Crippen LogP contribution in [-0.2, 0) is 5.92 Å². The number of nitrogen functional groups attached to an aromatic ring is 1. The van der Waals surface area contributed by atoms with Crippen molar-refractivity contribution in [1.29, 1.82) is 0 Å². The molecule has 0 aromatic heterocycles. The third-order valence-corrected chi connectivity index (χ3v) is 3.66. The van der Waals surface area contributed by atoms with Crippen molar-refractivity contribution >= 4 is 11.4 Å². The summed E-state index contributed by atoms with van der Waals surface area (Å²) in [6, 6.07) is 5.63. The van der Waals surface area contributed by atoms with Crippen LogP contribution in [0.15, 0.2) is 36.4 Å². The van der Waals surface area contributed by atoms with Crippen LogP contribution in [0.1, 0.15) is 19.4 Å². The zero-order valence-electron chi connectivity index (χ0n) is 14.2. The molecule has 0 radical (unpaired) electrons. The number of hydroxylamine groups is 1. The summed E-state index contributed by atoms with van der Waals surface area (Å²) in [5.41, 5.74) is 7.12. The Bertz CT molecular complexity index is 823. The highest BCUT2D eigenvalue weighted by atomic mass is 19.4. The molecule has 4 nitrogen and oxygen atoms in total. The first kappa shape index (κ1) is 20.8. The second kappa shape index (κ2) is 7.28. The molecule has 2 rings (SSSR count). The molecule has 0 atom stereocenters. The lowest BCUT2D eigenvalue weighted by Gasteiger charge is -2.33. The van der Waals surface area contributed by atoms with E-state index >= 15 is 0 Å². The fraction of sp³-hybridized carbons (Fsp3) is 0.294. The number of alkyl halides is 5. The van der Waals surface area contributed by atoms with Crippen LogP contribution >= 0.6 is 0 Å². The van der Waals surface area contributed by atoms with Gasteiger partial charge in [0.15, 0.2) is 0 Å². The molecule has 0 unspecified atom stereocenters. The smallest absolute Gasteiger partial charge is 0.458 e. The van der Waals surface area contributed by atoms with Crippen molar-refractivity contribution in [3.05, 3.63) is 53.0 Å². The average Bonchev–Trinajstić information content (AvgIpc) is 2.52. The van der Waals surface area contributed by atoms with Gasteiger partial charge >= 0.3 is 12.1 Å². The highest BCUT2D eigenvalue weighted by molar-refractivity contribution is 5.73. The fourth-order valence-electron chi connectivity index (χ4n) is 2.24. The molecule has 10 heteroatoms. The standard InChI is InChI=1S/C17H16F6N3O/c1-9(2)26(27)25-13-6-11(5-12(24)8-13)10-3-4-14(15(18)7-10)16(19,20)17(21,22)23/h3-9,25H,24H2,1-2H3/q-1. The Hall–Kier alpha value is -2.46. The minimum atomic E-state index is -5.92. The van der Waals surface area contributed by atoms with Gasteiger partial charge in [-0.2, -0.15) is 22.0 Å². The van der Waals surface area contributed by atoms with Gasteiger partial charge in [-0.1, -0.05) is 6.07 Å². The summed E-state index contributed by atoms with van der Waals surface area (Å²) >= 11 is 0. The quantitative estimate of drug-likeness (QED) is 0.414. The minimum Gasteiger partial charge on any atom is -0.767 e. The normalized spacial score (nSPS) is 12.7. The van der Waals surface area contributed by atoms with Crippen LogP contribution in [0.5, 0.6) is 0 Å². The highest BCUT2D eigenvalue weighted by Crippen LogP contribution is 2.45. The van der Waals surface area contributed by atoms with Crippen molar-refractivity contribution in [2.24, 2.45) is 0 Å². The molecule has 2 aromatic carbocycles. The summed E-state index contributed by atoms with van der Waals surface area (Å²) in [6.45, 7) is 3.25. The van der Waals surface area contributed by atoms with Crippen molar-refractivity contribution in [3.8, 4) is 11.1 Å². The zero-order chi connectivity index (χ0) is 20.6. The molecule has 0 heterocycles. The van der Waals surface area contributed by atoms with E-state index in [-0.39, 0.29) is 22.5 Å². The van der Waals surface area contributed by atoms with E-state index in [1.54, 1.807) is 13.8 Å². The Kier molecular flexibility index (Phi) is 5.62. The third-order valence-electron chi connectivity index (χ3n) is 3.66. The number of rotatable bonds is 5. The fourth-order valence-corrected chi connectivity index (χ4v) is 2.24. The van der Waals surface area contributed by atoms with E-state index in [2.05, 4.69) is 5.43 Å². The van der Waals surface area contributed by atoms with Crippen LogP contribution in [0.3, 0.4) is 0 Å². The van der Waals surface area contributed by atoms with Crippen molar-refractivity contribution in [3.63, 3.8) is 0 Å². The lowest BCUT2D eigenvalue weighted by molar-refractivity contribution is -0.290. The highest BCUT2D eigenvalue weighted by Gasteiger charge is 2.59. The van der Waals surface area contributed by atoms with Crippen LogP contribution in [0.25, 0.3) is 11.1 Å². The van der Waals surface area contributed by atoms with Gasteiger partial charge in [0.2, 0.25) is 0 Å². The second-order valence-electron chi connectivity index (χ2n) is 6.14. The largest absolute Gasteiger partial charge is 0.767 e. The van der Waals surface area contributed by atoms with Crippen LogP contribution in [0.4, 0.5) is 37.7 Å². The topological polar surface area (TPSA) is 64.3 Å². The third kappa shape index (κ3) is 4.45. The van der Waals surface area contributed by atoms with Gasteiger partial charge in [0.05, 0.1) is 11.3 Å². The number of hydrogen-bond donors (Lipinski definition) is 2. The van der Waals surface area contributed by atoms with E-state index in [1.807, 2.05) is 0 Å². The van der Waals surface area contributed by atoms with Crippen molar-refractivity contribution in [2.75, 3.05) is 11.2 Å². The Morgan fingerprint density at radius 3 is 2.15 bits per heavy atom. The van der Waals surface area contributed by atoms with E-state index in [4.69, 9.17) is 5.73 Å². The molecule has 2 aromatic rings. The van der Waals surface area contributed by atoms with Crippen molar-refractivity contribution < 1.29 is 26.3 Å². The maximum atomic E-state index is 14.0. The number of anilines is 2. The second-order valence-corrected chi connectivity index (χ2v) is 6.14. The van der Waals surface area contributed by atoms with Gasteiger partial charge in [0.1, 0.15) is 5.82 Å². The van der Waals surface area contributed by atoms with Gasteiger partial charge in [-0.3, -0.25) is 5.17 Å². The summed E-state index contributed by atoms with van der Waals surface area (Å²) in [7, 11) is 0. The zero-order valence-corrected chi connectivity index (χ0v) is 14.2. The first-order chi connectivity index (χ1) is 12.3. The lowest BCUT2D eigenvalue weighted by Crippen LogP contribution is -2.34. The predicted octanol–water partition coefficient (Wildman–Crippen LogP) is 5.26. The predicted molar refractivity (Wildman–Crippen MR) is 90.2 cm³/mol. The van der Waals surface area contributed by atoms with Gasteiger partial charge < -0.3 is 16.4 Å². The molecule has 3 N–H and O–H groups in total. The molecule has 0 amide bonds. The molecule has 0 saturated carbocycles. The molecule has 0 bridgehead atoms. The molecule has 27 heavy (non-hydrogen) atoms. The van der Waals surface area contributed by atoms with E-state index in [1.165, 1.54) is 18.2 Å². The number of halogens is 6. The van der Waals surface area contributed by atoms with Crippen LogP contribution in [-0.4, -0.2) is 17.4 Å². The Morgan fingerprint density at radius 2 is 1.63 bits per heavy atom. The number of hydrogen-bond acceptors (Lipinski definition) is 4. The monoisotopic (exact) mass is 392 g/mol. The van der Waals surface area contributed by atoms with Crippen molar-refractivity contribution in [2.45, 2.75) is 32.0 Å². The maximum absolute atomic E-state index is 14.0. The van der Waals surface area contributed by atoms with Gasteiger partial charge in [-0.05, 0) is 55.3 Å². The number of nitrogens with two attached hydrogens (primary N) is 1. The number of benzene rings is 2. The Balaban J connectivity index is 2.42. The van der Waals surface area contributed by atoms with Crippen LogP contribution in [0.2, 0.25) is 0 Å². The molecule has 0 saturated heterocycles. The molecular weight excluding hydrogens is 376 g/mol. The molecule has 0 aliphatic rings. The maximum Gasteiger partial charge on any atom is 0.458 e. The summed E-state index contributed by atoms with van der Waals surface area (Å²) < 4.78 is 78.1. The van der Waals surface area contributed by atoms with E-state index in [0.717, 1.165) is 6.07 Å². The number of nitrogens with zero attached hydrogens (tertiary/aromatic N) is 1. The average molecular weight is 392 g/mol. The summed E-state index contributed by atoms with van der Waals surface area (Å²) in [5.74, 6) is -7.03. The molecule has 0 aliphatic heterocycles. The molecule has 0 aliphatic carbocycles. The lowest BCUT2D eigenvalue weighted by atomic mass is 9.99. The first-order valence-electron chi connectivity index (χ1n) is 7.71. The summed E-state index contributed by atoms with van der Waals surface area (Å²) in [4.78, 5) is 0. The van der Waals surface area contributed by atoms with Crippen LogP contribution in [0, 0.1) is 11.0 Å². The molecule has 0 fully saturated rings. The first-order valence-corrected chi connectivity index (χ1v) is 7.71.